The molecule has 0 radical (unpaired) electrons. The molecular weight excluding hydrogens is 403 g/mol. The van der Waals surface area contributed by atoms with E-state index in [0.717, 1.165) is 15.6 Å². The summed E-state index contributed by atoms with van der Waals surface area (Å²) in [6.45, 7) is 0. The summed E-state index contributed by atoms with van der Waals surface area (Å²) in [6.07, 6.45) is 0.790. The van der Waals surface area contributed by atoms with Crippen LogP contribution in [0.15, 0.2) is 51.4 Å². The molecule has 0 amide bonds. The zero-order chi connectivity index (χ0) is 15.4. The standard InChI is InChI=1S/C16H13Br2FO2/c17-13-4-1-10(2-5-13)7-12(16(20)21)8-11-3-6-14(19)9-15(11)18/h1-6,9,12H,7-8H2,(H,20,21). The van der Waals surface area contributed by atoms with Gasteiger partial charge in [0.15, 0.2) is 0 Å². The molecule has 0 heterocycles. The second-order valence-corrected chi connectivity index (χ2v) is 6.58. The van der Waals surface area contributed by atoms with Crippen LogP contribution in [-0.4, -0.2) is 11.1 Å². The topological polar surface area (TPSA) is 37.3 Å². The number of carboxylic acids is 1. The van der Waals surface area contributed by atoms with Crippen molar-refractivity contribution in [1.82, 2.24) is 0 Å². The number of hydrogen-bond donors (Lipinski definition) is 1. The van der Waals surface area contributed by atoms with Gasteiger partial charge in [0.2, 0.25) is 0 Å². The quantitative estimate of drug-likeness (QED) is 0.758. The van der Waals surface area contributed by atoms with Crippen molar-refractivity contribution in [2.45, 2.75) is 12.8 Å². The third-order valence-electron chi connectivity index (χ3n) is 3.23. The van der Waals surface area contributed by atoms with Crippen LogP contribution in [0, 0.1) is 11.7 Å². The summed E-state index contributed by atoms with van der Waals surface area (Å²) in [6, 6.07) is 11.9. The van der Waals surface area contributed by atoms with E-state index in [1.807, 2.05) is 24.3 Å². The van der Waals surface area contributed by atoms with Crippen LogP contribution < -0.4 is 0 Å². The molecule has 2 rings (SSSR count). The summed E-state index contributed by atoms with van der Waals surface area (Å²) >= 11 is 6.63. The first-order valence-corrected chi connectivity index (χ1v) is 7.95. The first kappa shape index (κ1) is 16.2. The molecule has 2 nitrogen and oxygen atoms in total. The van der Waals surface area contributed by atoms with E-state index in [-0.39, 0.29) is 5.82 Å². The minimum absolute atomic E-state index is 0.342. The Kier molecular flexibility index (Phi) is 5.53. The molecule has 1 N–H and O–H groups in total. The molecule has 5 heteroatoms. The van der Waals surface area contributed by atoms with Crippen molar-refractivity contribution in [3.63, 3.8) is 0 Å². The fourth-order valence-electron chi connectivity index (χ4n) is 2.10. The van der Waals surface area contributed by atoms with Gasteiger partial charge in [-0.05, 0) is 48.2 Å². The summed E-state index contributed by atoms with van der Waals surface area (Å²) in [7, 11) is 0. The van der Waals surface area contributed by atoms with E-state index in [2.05, 4.69) is 31.9 Å². The molecule has 0 fully saturated rings. The molecule has 0 saturated carbocycles. The maximum Gasteiger partial charge on any atom is 0.307 e. The maximum absolute atomic E-state index is 13.1. The van der Waals surface area contributed by atoms with Crippen molar-refractivity contribution in [1.29, 1.82) is 0 Å². The van der Waals surface area contributed by atoms with Crippen molar-refractivity contribution < 1.29 is 14.3 Å². The van der Waals surface area contributed by atoms with Crippen LogP contribution in [-0.2, 0) is 17.6 Å². The second-order valence-electron chi connectivity index (χ2n) is 4.81. The Bertz CT molecular complexity index is 641. The number of rotatable bonds is 5. The van der Waals surface area contributed by atoms with Crippen molar-refractivity contribution in [3.8, 4) is 0 Å². The van der Waals surface area contributed by atoms with Crippen LogP contribution in [0.25, 0.3) is 0 Å². The SMILES string of the molecule is O=C(O)C(Cc1ccc(Br)cc1)Cc1ccc(F)cc1Br. The molecule has 21 heavy (non-hydrogen) atoms. The number of carboxylic acid groups (broad SMARTS) is 1. The Morgan fingerprint density at radius 1 is 1.10 bits per heavy atom. The normalized spacial score (nSPS) is 12.1. The van der Waals surface area contributed by atoms with Gasteiger partial charge in [-0.1, -0.05) is 50.1 Å². The molecular formula is C16H13Br2FO2. The first-order valence-electron chi connectivity index (χ1n) is 6.37. The van der Waals surface area contributed by atoms with Crippen LogP contribution in [0.2, 0.25) is 0 Å². The highest BCUT2D eigenvalue weighted by Gasteiger charge is 2.20. The van der Waals surface area contributed by atoms with E-state index in [4.69, 9.17) is 0 Å². The van der Waals surface area contributed by atoms with E-state index in [1.54, 1.807) is 6.07 Å². The highest BCUT2D eigenvalue weighted by atomic mass is 79.9. The summed E-state index contributed by atoms with van der Waals surface area (Å²) < 4.78 is 14.6. The van der Waals surface area contributed by atoms with Gasteiger partial charge in [-0.15, -0.1) is 0 Å². The minimum Gasteiger partial charge on any atom is -0.481 e. The van der Waals surface area contributed by atoms with Crippen molar-refractivity contribution >= 4 is 37.8 Å². The maximum atomic E-state index is 13.1. The van der Waals surface area contributed by atoms with Crippen molar-refractivity contribution in [3.05, 3.63) is 68.4 Å². The van der Waals surface area contributed by atoms with Gasteiger partial charge in [-0.25, -0.2) is 4.39 Å². The molecule has 110 valence electrons. The summed E-state index contributed by atoms with van der Waals surface area (Å²) in [5.74, 6) is -1.74. The van der Waals surface area contributed by atoms with Gasteiger partial charge in [0.05, 0.1) is 5.92 Å². The number of carbonyl (C=O) groups is 1. The van der Waals surface area contributed by atoms with Gasteiger partial charge in [0.1, 0.15) is 5.82 Å². The lowest BCUT2D eigenvalue weighted by Gasteiger charge is -2.14. The number of hydrogen-bond acceptors (Lipinski definition) is 1. The van der Waals surface area contributed by atoms with Crippen LogP contribution in [0.1, 0.15) is 11.1 Å². The predicted octanol–water partition coefficient (Wildman–Crippen LogP) is 4.84. The highest BCUT2D eigenvalue weighted by molar-refractivity contribution is 9.10. The minimum atomic E-state index is -0.853. The Labute approximate surface area is 139 Å². The lowest BCUT2D eigenvalue weighted by Crippen LogP contribution is -2.19. The highest BCUT2D eigenvalue weighted by Crippen LogP contribution is 2.23. The molecule has 0 aliphatic carbocycles. The summed E-state index contributed by atoms with van der Waals surface area (Å²) in [5, 5.41) is 9.40. The van der Waals surface area contributed by atoms with E-state index in [1.165, 1.54) is 12.1 Å². The third kappa shape index (κ3) is 4.64. The molecule has 0 saturated heterocycles. The zero-order valence-electron chi connectivity index (χ0n) is 11.0. The molecule has 0 bridgehead atoms. The molecule has 0 aliphatic rings. The van der Waals surface area contributed by atoms with Crippen LogP contribution in [0.5, 0.6) is 0 Å². The average Bonchev–Trinajstić information content (AvgIpc) is 2.43. The van der Waals surface area contributed by atoms with Crippen LogP contribution >= 0.6 is 31.9 Å². The van der Waals surface area contributed by atoms with Gasteiger partial charge >= 0.3 is 5.97 Å². The number of benzene rings is 2. The Morgan fingerprint density at radius 3 is 2.33 bits per heavy atom. The fraction of sp³-hybridized carbons (Fsp3) is 0.188. The van der Waals surface area contributed by atoms with Gasteiger partial charge in [-0.2, -0.15) is 0 Å². The second kappa shape index (κ2) is 7.18. The molecule has 1 unspecified atom stereocenters. The van der Waals surface area contributed by atoms with Gasteiger partial charge < -0.3 is 5.11 Å². The Balaban J connectivity index is 2.15. The molecule has 2 aromatic carbocycles. The predicted molar refractivity (Wildman–Crippen MR) is 86.8 cm³/mol. The lowest BCUT2D eigenvalue weighted by molar-refractivity contribution is -0.141. The molecule has 1 atom stereocenters. The smallest absolute Gasteiger partial charge is 0.307 e. The van der Waals surface area contributed by atoms with Crippen molar-refractivity contribution in [2.24, 2.45) is 5.92 Å². The summed E-state index contributed by atoms with van der Waals surface area (Å²) in [5.41, 5.74) is 1.75. The van der Waals surface area contributed by atoms with E-state index in [0.29, 0.717) is 17.3 Å². The monoisotopic (exact) mass is 414 g/mol. The summed E-state index contributed by atoms with van der Waals surface area (Å²) in [4.78, 5) is 11.5. The molecule has 0 aromatic heterocycles. The lowest BCUT2D eigenvalue weighted by atomic mass is 9.92. The van der Waals surface area contributed by atoms with Gasteiger partial charge in [-0.3, -0.25) is 4.79 Å². The third-order valence-corrected chi connectivity index (χ3v) is 4.49. The van der Waals surface area contributed by atoms with Crippen LogP contribution in [0.3, 0.4) is 0 Å². The van der Waals surface area contributed by atoms with Gasteiger partial charge in [0, 0.05) is 8.95 Å². The number of aliphatic carboxylic acids is 1. The van der Waals surface area contributed by atoms with Crippen molar-refractivity contribution in [2.75, 3.05) is 0 Å². The Morgan fingerprint density at radius 2 is 1.76 bits per heavy atom. The first-order chi connectivity index (χ1) is 9.95. The molecule has 0 aliphatic heterocycles. The van der Waals surface area contributed by atoms with E-state index < -0.39 is 11.9 Å². The van der Waals surface area contributed by atoms with Gasteiger partial charge in [0.25, 0.3) is 0 Å². The molecule has 0 spiro atoms. The molecule has 2 aromatic rings. The zero-order valence-corrected chi connectivity index (χ0v) is 14.2. The average molecular weight is 416 g/mol. The van der Waals surface area contributed by atoms with Crippen LogP contribution in [0.4, 0.5) is 4.39 Å². The number of halogens is 3. The Hall–Kier alpha value is -1.20. The van der Waals surface area contributed by atoms with E-state index in [9.17, 15) is 14.3 Å². The largest absolute Gasteiger partial charge is 0.481 e. The van der Waals surface area contributed by atoms with E-state index >= 15 is 0 Å². The fourth-order valence-corrected chi connectivity index (χ4v) is 2.88.